The number of likely N-dealkylation sites (N-methyl/N-ethyl adjacent to an activating group) is 1. The lowest BCUT2D eigenvalue weighted by Gasteiger charge is -2.34. The molecular weight excluding hydrogens is 336 g/mol. The number of benzene rings is 1. The summed E-state index contributed by atoms with van der Waals surface area (Å²) in [5, 5.41) is 4.45. The molecule has 3 rings (SSSR count). The normalized spacial score (nSPS) is 15.2. The van der Waals surface area contributed by atoms with Crippen molar-refractivity contribution in [2.24, 2.45) is 0 Å². The van der Waals surface area contributed by atoms with Gasteiger partial charge in [-0.1, -0.05) is 30.4 Å². The minimum atomic E-state index is -0.441. The summed E-state index contributed by atoms with van der Waals surface area (Å²) in [6.07, 6.45) is 1.82. The van der Waals surface area contributed by atoms with Crippen LogP contribution in [0.25, 0.3) is 5.69 Å². The number of esters is 1. The second-order valence-electron chi connectivity index (χ2n) is 5.99. The van der Waals surface area contributed by atoms with Crippen LogP contribution in [0.15, 0.2) is 36.5 Å². The highest BCUT2D eigenvalue weighted by molar-refractivity contribution is 7.80. The number of piperazine rings is 1. The average molecular weight is 358 g/mol. The summed E-state index contributed by atoms with van der Waals surface area (Å²) in [5.74, 6) is -0.441. The fourth-order valence-electron chi connectivity index (χ4n) is 2.77. The lowest BCUT2D eigenvalue weighted by atomic mass is 10.2. The second-order valence-corrected chi connectivity index (χ2v) is 6.37. The van der Waals surface area contributed by atoms with Crippen molar-refractivity contribution < 1.29 is 9.53 Å². The van der Waals surface area contributed by atoms with Crippen LogP contribution in [-0.2, 0) is 4.74 Å². The molecule has 132 valence electrons. The Morgan fingerprint density at radius 3 is 2.52 bits per heavy atom. The number of aromatic nitrogens is 2. The molecule has 0 aliphatic carbocycles. The molecule has 1 aromatic heterocycles. The number of carbonyl (C=O) groups excluding carboxylic acids is 1. The molecule has 1 aliphatic rings. The summed E-state index contributed by atoms with van der Waals surface area (Å²) in [7, 11) is 2.10. The monoisotopic (exact) mass is 358 g/mol. The molecule has 25 heavy (non-hydrogen) atoms. The van der Waals surface area contributed by atoms with Crippen molar-refractivity contribution >= 4 is 23.2 Å². The number of thiocarbonyl (C=S) groups is 1. The van der Waals surface area contributed by atoms with Crippen molar-refractivity contribution in [3.63, 3.8) is 0 Å². The zero-order valence-electron chi connectivity index (χ0n) is 14.5. The lowest BCUT2D eigenvalue weighted by Crippen LogP contribution is -2.47. The van der Waals surface area contributed by atoms with Gasteiger partial charge in [-0.15, -0.1) is 0 Å². The lowest BCUT2D eigenvalue weighted by molar-refractivity contribution is 0.0518. The van der Waals surface area contributed by atoms with Crippen LogP contribution in [0.4, 0.5) is 0 Å². The molecule has 0 atom stereocenters. The molecular formula is C18H22N4O2S. The predicted molar refractivity (Wildman–Crippen MR) is 100 cm³/mol. The molecule has 2 aromatic rings. The molecule has 7 heteroatoms. The molecule has 1 aliphatic heterocycles. The third-order valence-electron chi connectivity index (χ3n) is 4.22. The summed E-state index contributed by atoms with van der Waals surface area (Å²) in [4.78, 5) is 17.4. The van der Waals surface area contributed by atoms with Crippen molar-refractivity contribution in [1.29, 1.82) is 0 Å². The molecule has 0 radical (unpaired) electrons. The van der Waals surface area contributed by atoms with Gasteiger partial charge >= 0.3 is 5.97 Å². The van der Waals surface area contributed by atoms with E-state index in [-0.39, 0.29) is 5.69 Å². The van der Waals surface area contributed by atoms with Gasteiger partial charge in [0, 0.05) is 32.4 Å². The molecule has 0 N–H and O–H groups in total. The van der Waals surface area contributed by atoms with E-state index in [1.165, 1.54) is 0 Å². The SMILES string of the molecule is CCOC(=O)c1nn(-c2ccccc2)cc1C(=S)N1CCN(C)CC1. The Bertz CT molecular complexity index is 752. The standard InChI is InChI=1S/C18H22N4O2S/c1-3-24-18(23)16-15(17(25)21-11-9-20(2)10-12-21)13-22(19-16)14-7-5-4-6-8-14/h4-8,13H,3,9-12H2,1-2H3. The molecule has 0 spiro atoms. The molecule has 0 saturated carbocycles. The minimum absolute atomic E-state index is 0.273. The van der Waals surface area contributed by atoms with Crippen LogP contribution in [0, 0.1) is 0 Å². The number of nitrogens with zero attached hydrogens (tertiary/aromatic N) is 4. The number of hydrogen-bond acceptors (Lipinski definition) is 5. The van der Waals surface area contributed by atoms with Crippen LogP contribution in [0.2, 0.25) is 0 Å². The first-order valence-electron chi connectivity index (χ1n) is 8.40. The van der Waals surface area contributed by atoms with E-state index in [0.29, 0.717) is 17.2 Å². The van der Waals surface area contributed by atoms with Crippen LogP contribution in [0.3, 0.4) is 0 Å². The quantitative estimate of drug-likeness (QED) is 0.615. The number of rotatable bonds is 4. The molecule has 0 amide bonds. The maximum atomic E-state index is 12.4. The molecule has 2 heterocycles. The Morgan fingerprint density at radius 1 is 1.20 bits per heavy atom. The van der Waals surface area contributed by atoms with E-state index >= 15 is 0 Å². The van der Waals surface area contributed by atoms with Gasteiger partial charge in [0.05, 0.1) is 17.9 Å². The summed E-state index contributed by atoms with van der Waals surface area (Å²) in [5.41, 5.74) is 1.80. The first-order chi connectivity index (χ1) is 12.1. The van der Waals surface area contributed by atoms with Gasteiger partial charge in [-0.05, 0) is 26.1 Å². The number of ether oxygens (including phenoxy) is 1. The molecule has 1 fully saturated rings. The highest BCUT2D eigenvalue weighted by Gasteiger charge is 2.26. The van der Waals surface area contributed by atoms with E-state index in [9.17, 15) is 4.79 Å². The van der Waals surface area contributed by atoms with Gasteiger partial charge in [0.2, 0.25) is 0 Å². The van der Waals surface area contributed by atoms with Gasteiger partial charge in [0.25, 0.3) is 0 Å². The van der Waals surface area contributed by atoms with Crippen molar-refractivity contribution in [3.8, 4) is 5.69 Å². The van der Waals surface area contributed by atoms with Gasteiger partial charge in [-0.3, -0.25) is 0 Å². The Morgan fingerprint density at radius 2 is 1.88 bits per heavy atom. The van der Waals surface area contributed by atoms with Crippen LogP contribution in [0.1, 0.15) is 23.0 Å². The second kappa shape index (κ2) is 7.76. The zero-order valence-corrected chi connectivity index (χ0v) is 15.3. The van der Waals surface area contributed by atoms with Crippen molar-refractivity contribution in [3.05, 3.63) is 47.8 Å². The molecule has 1 saturated heterocycles. The highest BCUT2D eigenvalue weighted by atomic mass is 32.1. The minimum Gasteiger partial charge on any atom is -0.461 e. The van der Waals surface area contributed by atoms with E-state index in [4.69, 9.17) is 17.0 Å². The fraction of sp³-hybridized carbons (Fsp3) is 0.389. The summed E-state index contributed by atoms with van der Waals surface area (Å²) < 4.78 is 6.86. The smallest absolute Gasteiger partial charge is 0.359 e. The number of hydrogen-bond donors (Lipinski definition) is 0. The predicted octanol–water partition coefficient (Wildman–Crippen LogP) is 1.97. The third kappa shape index (κ3) is 3.88. The number of carbonyl (C=O) groups is 1. The Labute approximate surface area is 153 Å². The van der Waals surface area contributed by atoms with E-state index in [0.717, 1.165) is 31.9 Å². The van der Waals surface area contributed by atoms with Gasteiger partial charge in [0.1, 0.15) is 4.99 Å². The molecule has 0 unspecified atom stereocenters. The van der Waals surface area contributed by atoms with E-state index in [1.807, 2.05) is 36.5 Å². The number of para-hydroxylation sites is 1. The Balaban J connectivity index is 1.94. The zero-order chi connectivity index (χ0) is 17.8. The Kier molecular flexibility index (Phi) is 5.45. The van der Waals surface area contributed by atoms with Crippen molar-refractivity contribution in [2.75, 3.05) is 39.8 Å². The van der Waals surface area contributed by atoms with E-state index < -0.39 is 5.97 Å². The van der Waals surface area contributed by atoms with E-state index in [1.54, 1.807) is 11.6 Å². The van der Waals surface area contributed by atoms with Gasteiger partial charge in [-0.2, -0.15) is 5.10 Å². The first kappa shape index (κ1) is 17.6. The largest absolute Gasteiger partial charge is 0.461 e. The fourth-order valence-corrected chi connectivity index (χ4v) is 3.11. The maximum absolute atomic E-state index is 12.4. The average Bonchev–Trinajstić information content (AvgIpc) is 3.08. The Hall–Kier alpha value is -2.25. The van der Waals surface area contributed by atoms with Crippen LogP contribution < -0.4 is 0 Å². The van der Waals surface area contributed by atoms with Gasteiger partial charge < -0.3 is 14.5 Å². The molecule has 0 bridgehead atoms. The first-order valence-corrected chi connectivity index (χ1v) is 8.81. The van der Waals surface area contributed by atoms with E-state index in [2.05, 4.69) is 21.9 Å². The van der Waals surface area contributed by atoms with Gasteiger partial charge in [-0.25, -0.2) is 9.48 Å². The summed E-state index contributed by atoms with van der Waals surface area (Å²) >= 11 is 5.68. The van der Waals surface area contributed by atoms with Crippen LogP contribution in [-0.4, -0.2) is 70.4 Å². The maximum Gasteiger partial charge on any atom is 0.359 e. The highest BCUT2D eigenvalue weighted by Crippen LogP contribution is 2.17. The van der Waals surface area contributed by atoms with Crippen molar-refractivity contribution in [2.45, 2.75) is 6.92 Å². The molecule has 1 aromatic carbocycles. The third-order valence-corrected chi connectivity index (χ3v) is 4.70. The van der Waals surface area contributed by atoms with Crippen LogP contribution >= 0.6 is 12.2 Å². The topological polar surface area (TPSA) is 50.6 Å². The summed E-state index contributed by atoms with van der Waals surface area (Å²) in [6.45, 7) is 5.66. The van der Waals surface area contributed by atoms with Gasteiger partial charge in [0.15, 0.2) is 5.69 Å². The van der Waals surface area contributed by atoms with Crippen molar-refractivity contribution in [1.82, 2.24) is 19.6 Å². The summed E-state index contributed by atoms with van der Waals surface area (Å²) in [6, 6.07) is 9.67. The van der Waals surface area contributed by atoms with Crippen LogP contribution in [0.5, 0.6) is 0 Å². The molecule has 6 nitrogen and oxygen atoms in total.